The first-order chi connectivity index (χ1) is 9.28. The van der Waals surface area contributed by atoms with Crippen LogP contribution in [0.25, 0.3) is 5.65 Å². The standard InChI is InChI=1S/C12H10ClN5O/c13-9-5-8(6-14)1-2-10(9)19-12-11-17-16-7-18(11)4-3-15-12/h1-5,7H,6,14H2. The first-order valence-corrected chi connectivity index (χ1v) is 5.96. The number of fused-ring (bicyclic) bond motifs is 1. The molecule has 0 spiro atoms. The number of nitrogens with two attached hydrogens (primary N) is 1. The highest BCUT2D eigenvalue weighted by Gasteiger charge is 2.10. The van der Waals surface area contributed by atoms with Gasteiger partial charge in [-0.3, -0.25) is 4.40 Å². The molecule has 96 valence electrons. The molecule has 0 saturated heterocycles. The van der Waals surface area contributed by atoms with Gasteiger partial charge in [0.1, 0.15) is 12.1 Å². The van der Waals surface area contributed by atoms with Gasteiger partial charge in [0, 0.05) is 18.9 Å². The smallest absolute Gasteiger partial charge is 0.265 e. The summed E-state index contributed by atoms with van der Waals surface area (Å²) in [5.74, 6) is 0.852. The minimum Gasteiger partial charge on any atom is -0.434 e. The fourth-order valence-electron chi connectivity index (χ4n) is 1.67. The van der Waals surface area contributed by atoms with E-state index in [1.165, 1.54) is 0 Å². The summed E-state index contributed by atoms with van der Waals surface area (Å²) in [6.07, 6.45) is 4.91. The van der Waals surface area contributed by atoms with Gasteiger partial charge in [0.2, 0.25) is 5.65 Å². The SMILES string of the molecule is NCc1ccc(Oc2nccn3cnnc23)c(Cl)c1. The van der Waals surface area contributed by atoms with Crippen LogP contribution in [-0.2, 0) is 6.54 Å². The zero-order valence-electron chi connectivity index (χ0n) is 9.82. The van der Waals surface area contributed by atoms with Crippen molar-refractivity contribution in [3.63, 3.8) is 0 Å². The van der Waals surface area contributed by atoms with Crippen LogP contribution in [0.15, 0.2) is 36.9 Å². The van der Waals surface area contributed by atoms with Crippen LogP contribution in [0.1, 0.15) is 5.56 Å². The predicted molar refractivity (Wildman–Crippen MR) is 70.2 cm³/mol. The van der Waals surface area contributed by atoms with E-state index in [-0.39, 0.29) is 0 Å². The van der Waals surface area contributed by atoms with Gasteiger partial charge in [-0.1, -0.05) is 17.7 Å². The van der Waals surface area contributed by atoms with Crippen molar-refractivity contribution in [1.82, 2.24) is 19.6 Å². The Bertz CT molecular complexity index is 727. The largest absolute Gasteiger partial charge is 0.434 e. The lowest BCUT2D eigenvalue weighted by Gasteiger charge is -2.08. The first kappa shape index (κ1) is 11.9. The van der Waals surface area contributed by atoms with Gasteiger partial charge in [-0.2, -0.15) is 0 Å². The Labute approximate surface area is 113 Å². The summed E-state index contributed by atoms with van der Waals surface area (Å²) in [5.41, 5.74) is 7.01. The molecule has 7 heteroatoms. The monoisotopic (exact) mass is 275 g/mol. The van der Waals surface area contributed by atoms with Gasteiger partial charge >= 0.3 is 0 Å². The normalized spacial score (nSPS) is 10.8. The van der Waals surface area contributed by atoms with Crippen LogP contribution in [-0.4, -0.2) is 19.6 Å². The minimum absolute atomic E-state index is 0.349. The van der Waals surface area contributed by atoms with Gasteiger partial charge in [-0.05, 0) is 17.7 Å². The van der Waals surface area contributed by atoms with Crippen molar-refractivity contribution in [3.05, 3.63) is 47.5 Å². The highest BCUT2D eigenvalue weighted by Crippen LogP contribution is 2.30. The molecule has 0 radical (unpaired) electrons. The van der Waals surface area contributed by atoms with Crippen molar-refractivity contribution in [3.8, 4) is 11.6 Å². The van der Waals surface area contributed by atoms with Gasteiger partial charge in [0.25, 0.3) is 5.88 Å². The number of hydrogen-bond acceptors (Lipinski definition) is 5. The van der Waals surface area contributed by atoms with Gasteiger partial charge in [0.05, 0.1) is 5.02 Å². The first-order valence-electron chi connectivity index (χ1n) is 5.58. The van der Waals surface area contributed by atoms with Crippen molar-refractivity contribution in [1.29, 1.82) is 0 Å². The van der Waals surface area contributed by atoms with Crippen LogP contribution in [0, 0.1) is 0 Å². The summed E-state index contributed by atoms with van der Waals surface area (Å²) in [5, 5.41) is 8.22. The van der Waals surface area contributed by atoms with Crippen LogP contribution >= 0.6 is 11.6 Å². The number of rotatable bonds is 3. The highest BCUT2D eigenvalue weighted by atomic mass is 35.5. The van der Waals surface area contributed by atoms with Crippen LogP contribution in [0.2, 0.25) is 5.02 Å². The lowest BCUT2D eigenvalue weighted by atomic mass is 10.2. The van der Waals surface area contributed by atoms with Crippen molar-refractivity contribution in [2.75, 3.05) is 0 Å². The second kappa shape index (κ2) is 4.83. The van der Waals surface area contributed by atoms with Gasteiger partial charge in [0.15, 0.2) is 0 Å². The molecule has 0 amide bonds. The minimum atomic E-state index is 0.349. The molecule has 2 aromatic heterocycles. The topological polar surface area (TPSA) is 78.3 Å². The van der Waals surface area contributed by atoms with Gasteiger partial charge < -0.3 is 10.5 Å². The Morgan fingerprint density at radius 1 is 1.37 bits per heavy atom. The van der Waals surface area contributed by atoms with E-state index in [4.69, 9.17) is 22.1 Å². The fourth-order valence-corrected chi connectivity index (χ4v) is 1.91. The van der Waals surface area contributed by atoms with Crippen molar-refractivity contribution in [2.45, 2.75) is 6.54 Å². The molecule has 2 N–H and O–H groups in total. The molecule has 0 saturated carbocycles. The average Bonchev–Trinajstić information content (AvgIpc) is 2.90. The van der Waals surface area contributed by atoms with Crippen molar-refractivity contribution >= 4 is 17.2 Å². The Hall–Kier alpha value is -2.18. The zero-order valence-corrected chi connectivity index (χ0v) is 10.6. The summed E-state index contributed by atoms with van der Waals surface area (Å²) in [4.78, 5) is 4.13. The Morgan fingerprint density at radius 3 is 3.05 bits per heavy atom. The van der Waals surface area contributed by atoms with E-state index < -0.39 is 0 Å². The molecule has 0 fully saturated rings. The number of ether oxygens (including phenoxy) is 1. The quantitative estimate of drug-likeness (QED) is 0.791. The molecule has 19 heavy (non-hydrogen) atoms. The maximum Gasteiger partial charge on any atom is 0.265 e. The van der Waals surface area contributed by atoms with E-state index in [0.717, 1.165) is 5.56 Å². The molecule has 0 aliphatic rings. The summed E-state index contributed by atoms with van der Waals surface area (Å²) in [7, 11) is 0. The lowest BCUT2D eigenvalue weighted by Crippen LogP contribution is -1.97. The Kier molecular flexibility index (Phi) is 3.02. The van der Waals surface area contributed by atoms with E-state index in [1.54, 1.807) is 35.3 Å². The number of aromatic nitrogens is 4. The van der Waals surface area contributed by atoms with E-state index in [0.29, 0.717) is 28.8 Å². The molecule has 1 aromatic carbocycles. The molecule has 3 rings (SSSR count). The molecular weight excluding hydrogens is 266 g/mol. The third-order valence-electron chi connectivity index (χ3n) is 2.62. The maximum absolute atomic E-state index is 6.13. The molecular formula is C12H10ClN5O. The van der Waals surface area contributed by atoms with E-state index >= 15 is 0 Å². The number of halogens is 1. The third kappa shape index (κ3) is 2.23. The van der Waals surface area contributed by atoms with Crippen LogP contribution < -0.4 is 10.5 Å². The van der Waals surface area contributed by atoms with E-state index in [2.05, 4.69) is 15.2 Å². The van der Waals surface area contributed by atoms with Gasteiger partial charge in [-0.25, -0.2) is 4.98 Å². The molecule has 0 bridgehead atoms. The second-order valence-corrected chi connectivity index (χ2v) is 4.27. The number of hydrogen-bond donors (Lipinski definition) is 1. The van der Waals surface area contributed by atoms with Gasteiger partial charge in [-0.15, -0.1) is 10.2 Å². The molecule has 3 aromatic rings. The summed E-state index contributed by atoms with van der Waals surface area (Å²) >= 11 is 6.13. The summed E-state index contributed by atoms with van der Waals surface area (Å²) < 4.78 is 7.39. The number of benzene rings is 1. The Morgan fingerprint density at radius 2 is 2.26 bits per heavy atom. The fraction of sp³-hybridized carbons (Fsp3) is 0.0833. The number of nitrogens with zero attached hydrogens (tertiary/aromatic N) is 4. The molecule has 6 nitrogen and oxygen atoms in total. The molecule has 0 unspecified atom stereocenters. The molecule has 0 aliphatic heterocycles. The van der Waals surface area contributed by atoms with E-state index in [1.807, 2.05) is 6.07 Å². The lowest BCUT2D eigenvalue weighted by molar-refractivity contribution is 0.465. The van der Waals surface area contributed by atoms with Crippen molar-refractivity contribution in [2.24, 2.45) is 5.73 Å². The predicted octanol–water partition coefficient (Wildman–Crippen LogP) is 2.03. The summed E-state index contributed by atoms with van der Waals surface area (Å²) in [6, 6.07) is 5.37. The second-order valence-electron chi connectivity index (χ2n) is 3.87. The zero-order chi connectivity index (χ0) is 13.2. The third-order valence-corrected chi connectivity index (χ3v) is 2.92. The van der Waals surface area contributed by atoms with Crippen LogP contribution in [0.3, 0.4) is 0 Å². The van der Waals surface area contributed by atoms with Crippen LogP contribution in [0.4, 0.5) is 0 Å². The van der Waals surface area contributed by atoms with E-state index in [9.17, 15) is 0 Å². The molecule has 0 atom stereocenters. The van der Waals surface area contributed by atoms with Crippen LogP contribution in [0.5, 0.6) is 11.6 Å². The van der Waals surface area contributed by atoms with Crippen molar-refractivity contribution < 1.29 is 4.74 Å². The maximum atomic E-state index is 6.13. The summed E-state index contributed by atoms with van der Waals surface area (Å²) in [6.45, 7) is 0.429. The molecule has 0 aliphatic carbocycles. The molecule has 2 heterocycles. The highest BCUT2D eigenvalue weighted by molar-refractivity contribution is 6.32. The average molecular weight is 276 g/mol. The Balaban J connectivity index is 1.99.